The second-order valence-electron chi connectivity index (χ2n) is 5.88. The average molecular weight is 373 g/mol. The molecule has 0 aliphatic heterocycles. The van der Waals surface area contributed by atoms with E-state index >= 15 is 0 Å². The van der Waals surface area contributed by atoms with Gasteiger partial charge in [0.05, 0.1) is 31.6 Å². The van der Waals surface area contributed by atoms with Gasteiger partial charge in [0, 0.05) is 6.07 Å². The topological polar surface area (TPSA) is 83.1 Å². The van der Waals surface area contributed by atoms with Crippen molar-refractivity contribution in [1.29, 1.82) is 0 Å². The number of amides is 1. The van der Waals surface area contributed by atoms with Crippen molar-refractivity contribution in [3.05, 3.63) is 48.0 Å². The van der Waals surface area contributed by atoms with E-state index in [4.69, 9.17) is 18.9 Å². The Labute approximate surface area is 158 Å². The Balaban J connectivity index is 1.90. The van der Waals surface area contributed by atoms with Gasteiger partial charge in [-0.1, -0.05) is 0 Å². The lowest BCUT2D eigenvalue weighted by atomic mass is 10.2. The summed E-state index contributed by atoms with van der Waals surface area (Å²) in [7, 11) is 3.02. The van der Waals surface area contributed by atoms with Gasteiger partial charge in [-0.15, -0.1) is 0 Å². The zero-order valence-electron chi connectivity index (χ0n) is 15.8. The molecule has 27 heavy (non-hydrogen) atoms. The monoisotopic (exact) mass is 373 g/mol. The van der Waals surface area contributed by atoms with Crippen LogP contribution in [0.5, 0.6) is 17.2 Å². The van der Waals surface area contributed by atoms with Crippen LogP contribution in [-0.2, 0) is 9.53 Å². The Kier molecular flexibility index (Phi) is 7.05. The number of ether oxygens (including phenoxy) is 4. The van der Waals surface area contributed by atoms with E-state index in [2.05, 4.69) is 5.32 Å². The van der Waals surface area contributed by atoms with Crippen LogP contribution in [-0.4, -0.2) is 38.8 Å². The van der Waals surface area contributed by atoms with Crippen molar-refractivity contribution in [3.63, 3.8) is 0 Å². The maximum atomic E-state index is 12.1. The second kappa shape index (κ2) is 9.47. The molecule has 1 amide bonds. The molecule has 0 aliphatic rings. The highest BCUT2D eigenvalue weighted by Crippen LogP contribution is 2.28. The first-order valence-corrected chi connectivity index (χ1v) is 8.38. The molecule has 0 aromatic heterocycles. The van der Waals surface area contributed by atoms with Crippen molar-refractivity contribution in [2.75, 3.05) is 26.1 Å². The van der Waals surface area contributed by atoms with Crippen LogP contribution in [0.4, 0.5) is 5.69 Å². The molecular formula is C20H23NO6. The molecule has 0 atom stereocenters. The Hall–Kier alpha value is -3.22. The largest absolute Gasteiger partial charge is 0.497 e. The normalized spacial score (nSPS) is 10.3. The van der Waals surface area contributed by atoms with E-state index < -0.39 is 18.5 Å². The minimum atomic E-state index is -0.594. The van der Waals surface area contributed by atoms with Crippen LogP contribution in [0.25, 0.3) is 0 Å². The molecule has 0 saturated carbocycles. The zero-order valence-corrected chi connectivity index (χ0v) is 15.8. The zero-order chi connectivity index (χ0) is 19.8. The molecule has 0 fully saturated rings. The maximum Gasteiger partial charge on any atom is 0.338 e. The van der Waals surface area contributed by atoms with Crippen LogP contribution in [0, 0.1) is 0 Å². The highest BCUT2D eigenvalue weighted by Gasteiger charge is 2.13. The molecule has 0 saturated heterocycles. The third-order valence-electron chi connectivity index (χ3n) is 3.48. The number of nitrogens with one attached hydrogen (secondary N) is 1. The van der Waals surface area contributed by atoms with Gasteiger partial charge in [-0.2, -0.15) is 0 Å². The molecule has 2 aromatic rings. The molecule has 0 unspecified atom stereocenters. The smallest absolute Gasteiger partial charge is 0.338 e. The predicted molar refractivity (Wildman–Crippen MR) is 101 cm³/mol. The fourth-order valence-electron chi connectivity index (χ4n) is 2.24. The van der Waals surface area contributed by atoms with Crippen molar-refractivity contribution in [2.45, 2.75) is 20.0 Å². The van der Waals surface area contributed by atoms with Gasteiger partial charge in [0.1, 0.15) is 17.2 Å². The molecular weight excluding hydrogens is 350 g/mol. The van der Waals surface area contributed by atoms with Gasteiger partial charge in [-0.3, -0.25) is 4.79 Å². The summed E-state index contributed by atoms with van der Waals surface area (Å²) in [5.41, 5.74) is 0.787. The average Bonchev–Trinajstić information content (AvgIpc) is 2.66. The summed E-state index contributed by atoms with van der Waals surface area (Å²) in [5.74, 6) is 0.622. The van der Waals surface area contributed by atoms with Crippen LogP contribution >= 0.6 is 0 Å². The summed E-state index contributed by atoms with van der Waals surface area (Å²) in [6.45, 7) is 3.41. The van der Waals surface area contributed by atoms with Gasteiger partial charge in [-0.25, -0.2) is 4.79 Å². The van der Waals surface area contributed by atoms with Gasteiger partial charge in [0.2, 0.25) is 0 Å². The van der Waals surface area contributed by atoms with Crippen molar-refractivity contribution in [3.8, 4) is 17.2 Å². The molecule has 0 bridgehead atoms. The molecule has 7 heteroatoms. The number of rotatable bonds is 8. The number of esters is 1. The SMILES string of the molecule is COc1ccc(NC(=O)COC(=O)c2ccc(OC(C)C)cc2)c(OC)c1. The molecule has 0 heterocycles. The molecule has 0 spiro atoms. The number of methoxy groups -OCH3 is 2. The van der Waals surface area contributed by atoms with Crippen LogP contribution in [0.2, 0.25) is 0 Å². The van der Waals surface area contributed by atoms with Crippen LogP contribution in [0.1, 0.15) is 24.2 Å². The number of carbonyl (C=O) groups is 2. The van der Waals surface area contributed by atoms with E-state index in [9.17, 15) is 9.59 Å². The van der Waals surface area contributed by atoms with Gasteiger partial charge in [-0.05, 0) is 50.2 Å². The lowest BCUT2D eigenvalue weighted by Gasteiger charge is -2.12. The van der Waals surface area contributed by atoms with E-state index in [0.717, 1.165) is 0 Å². The molecule has 144 valence electrons. The highest BCUT2D eigenvalue weighted by atomic mass is 16.5. The van der Waals surface area contributed by atoms with Gasteiger partial charge < -0.3 is 24.3 Å². The summed E-state index contributed by atoms with van der Waals surface area (Å²) in [4.78, 5) is 24.1. The first-order valence-electron chi connectivity index (χ1n) is 8.38. The molecule has 7 nitrogen and oxygen atoms in total. The predicted octanol–water partition coefficient (Wildman–Crippen LogP) is 3.29. The fraction of sp³-hybridized carbons (Fsp3) is 0.300. The van der Waals surface area contributed by atoms with Crippen molar-refractivity contribution in [2.24, 2.45) is 0 Å². The minimum absolute atomic E-state index is 0.0430. The molecule has 1 N–H and O–H groups in total. The van der Waals surface area contributed by atoms with Crippen LogP contribution in [0.3, 0.4) is 0 Å². The van der Waals surface area contributed by atoms with Crippen LogP contribution < -0.4 is 19.5 Å². The Morgan fingerprint density at radius 2 is 1.63 bits per heavy atom. The second-order valence-corrected chi connectivity index (χ2v) is 5.88. The molecule has 2 aromatic carbocycles. The van der Waals surface area contributed by atoms with Gasteiger partial charge in [0.25, 0.3) is 5.91 Å². The number of carbonyl (C=O) groups excluding carboxylic acids is 2. The molecule has 0 radical (unpaired) electrons. The number of hydrogen-bond donors (Lipinski definition) is 1. The summed E-state index contributed by atoms with van der Waals surface area (Å²) in [6.07, 6.45) is 0.0430. The quantitative estimate of drug-likeness (QED) is 0.715. The summed E-state index contributed by atoms with van der Waals surface area (Å²) >= 11 is 0. The van der Waals surface area contributed by atoms with E-state index in [1.54, 1.807) is 42.5 Å². The third kappa shape index (κ3) is 5.91. The summed E-state index contributed by atoms with van der Waals surface area (Å²) < 4.78 is 20.9. The fourth-order valence-corrected chi connectivity index (χ4v) is 2.24. The van der Waals surface area contributed by atoms with Crippen molar-refractivity contribution < 1.29 is 28.5 Å². The van der Waals surface area contributed by atoms with Crippen LogP contribution in [0.15, 0.2) is 42.5 Å². The number of hydrogen-bond acceptors (Lipinski definition) is 6. The number of benzene rings is 2. The Morgan fingerprint density at radius 1 is 0.963 bits per heavy atom. The van der Waals surface area contributed by atoms with Crippen molar-refractivity contribution in [1.82, 2.24) is 0 Å². The van der Waals surface area contributed by atoms with Gasteiger partial charge in [0.15, 0.2) is 6.61 Å². The Morgan fingerprint density at radius 3 is 2.22 bits per heavy atom. The van der Waals surface area contributed by atoms with Gasteiger partial charge >= 0.3 is 5.97 Å². The van der Waals surface area contributed by atoms with E-state index in [-0.39, 0.29) is 6.10 Å². The number of anilines is 1. The summed E-state index contributed by atoms with van der Waals surface area (Å²) in [6, 6.07) is 11.5. The standard InChI is InChI=1S/C20H23NO6/c1-13(2)27-15-7-5-14(6-8-15)20(23)26-12-19(22)21-17-10-9-16(24-3)11-18(17)25-4/h5-11,13H,12H2,1-4H3,(H,21,22). The first kappa shape index (κ1) is 20.1. The molecule has 2 rings (SSSR count). The molecule has 0 aliphatic carbocycles. The highest BCUT2D eigenvalue weighted by molar-refractivity contribution is 5.96. The first-order chi connectivity index (χ1) is 12.9. The van der Waals surface area contributed by atoms with E-state index in [1.165, 1.54) is 14.2 Å². The Bertz CT molecular complexity index is 786. The van der Waals surface area contributed by atoms with E-state index in [1.807, 2.05) is 13.8 Å². The van der Waals surface area contributed by atoms with E-state index in [0.29, 0.717) is 28.5 Å². The lowest BCUT2D eigenvalue weighted by molar-refractivity contribution is -0.119. The summed E-state index contributed by atoms with van der Waals surface area (Å²) in [5, 5.41) is 2.63. The minimum Gasteiger partial charge on any atom is -0.497 e. The third-order valence-corrected chi connectivity index (χ3v) is 3.48. The maximum absolute atomic E-state index is 12.1. The van der Waals surface area contributed by atoms with Crippen molar-refractivity contribution >= 4 is 17.6 Å². The lowest BCUT2D eigenvalue weighted by Crippen LogP contribution is -2.21.